The molecule has 0 aliphatic carbocycles. The molecule has 0 rings (SSSR count). The van der Waals surface area contributed by atoms with Gasteiger partial charge in [0.15, 0.2) is 5.03 Å². The van der Waals surface area contributed by atoms with Crippen LogP contribution in [0.1, 0.15) is 6.92 Å². The maximum Gasteiger partial charge on any atom is 0.199 e. The van der Waals surface area contributed by atoms with Crippen LogP contribution in [-0.2, 0) is 9.73 Å². The van der Waals surface area contributed by atoms with Gasteiger partial charge in [-0.1, -0.05) is 6.92 Å². The predicted molar refractivity (Wildman–Crippen MR) is 34.0 cm³/mol. The van der Waals surface area contributed by atoms with Crippen LogP contribution in [0.2, 0.25) is 0 Å². The van der Waals surface area contributed by atoms with Gasteiger partial charge in [0.2, 0.25) is 0 Å². The molecule has 0 aliphatic heterocycles. The van der Waals surface area contributed by atoms with Gasteiger partial charge in [-0.25, -0.2) is 14.3 Å². The lowest BCUT2D eigenvalue weighted by Crippen LogP contribution is -2.02. The molecule has 6 heteroatoms. The first-order valence-electron chi connectivity index (χ1n) is 2.32. The molecule has 0 spiro atoms. The molecule has 0 aliphatic rings. The van der Waals surface area contributed by atoms with Crippen molar-refractivity contribution in [3.63, 3.8) is 0 Å². The van der Waals surface area contributed by atoms with E-state index in [-0.39, 0.29) is 5.75 Å². The van der Waals surface area contributed by atoms with Gasteiger partial charge in [-0.15, -0.1) is 0 Å². The quantitative estimate of drug-likeness (QED) is 0.422. The molecule has 0 bridgehead atoms. The van der Waals surface area contributed by atoms with Crippen molar-refractivity contribution >= 4 is 9.73 Å². The Bertz CT molecular complexity index is 215. The van der Waals surface area contributed by atoms with E-state index in [1.54, 1.807) is 6.92 Å². The summed E-state index contributed by atoms with van der Waals surface area (Å²) < 4.78 is 13.5. The van der Waals surface area contributed by atoms with Crippen LogP contribution in [0.25, 0.3) is 0 Å². The molecule has 0 aromatic carbocycles. The maximum atomic E-state index is 10.8. The molecule has 0 saturated heterocycles. The van der Waals surface area contributed by atoms with Crippen LogP contribution in [0.3, 0.4) is 0 Å². The van der Waals surface area contributed by atoms with Crippen LogP contribution in [-0.4, -0.2) is 21.2 Å². The Hall–Kier alpha value is -0.650. The summed E-state index contributed by atoms with van der Waals surface area (Å²) in [6.07, 6.45) is 1.26. The van der Waals surface area contributed by atoms with Gasteiger partial charge >= 0.3 is 0 Å². The Morgan fingerprint density at radius 2 is 2.22 bits per heavy atom. The largest absolute Gasteiger partial charge is 0.244 e. The van der Waals surface area contributed by atoms with Crippen molar-refractivity contribution < 1.29 is 9.24 Å². The first kappa shape index (κ1) is 8.35. The van der Waals surface area contributed by atoms with E-state index in [0.29, 0.717) is 0 Å². The molecule has 0 aromatic rings. The van der Waals surface area contributed by atoms with Crippen molar-refractivity contribution in [3.8, 4) is 0 Å². The summed E-state index contributed by atoms with van der Waals surface area (Å²) in [6, 6.07) is 0. The van der Waals surface area contributed by atoms with Crippen molar-refractivity contribution in [1.82, 2.24) is 0 Å². The van der Waals surface area contributed by atoms with Gasteiger partial charge in [0.1, 0.15) is 14.2 Å². The molecule has 0 amide bonds. The van der Waals surface area contributed by atoms with Crippen molar-refractivity contribution in [1.29, 1.82) is 0 Å². The second-order valence-corrected chi connectivity index (χ2v) is 4.23. The Balaban J connectivity index is 4.50. The number of hydrogen-bond acceptors (Lipinski definition) is 3. The SMILES string of the molecule is CCS(C)(=O)=N[N+](=O)[O-]. The number of nitrogens with zero attached hydrogens (tertiary/aromatic N) is 2. The van der Waals surface area contributed by atoms with Gasteiger partial charge in [-0.2, -0.15) is 0 Å². The second kappa shape index (κ2) is 2.77. The smallest absolute Gasteiger partial charge is 0.199 e. The molecule has 54 valence electrons. The van der Waals surface area contributed by atoms with Crippen LogP contribution in [0.4, 0.5) is 0 Å². The summed E-state index contributed by atoms with van der Waals surface area (Å²) in [4.78, 5) is 9.63. The minimum absolute atomic E-state index is 0.216. The molecule has 1 unspecified atom stereocenters. The minimum atomic E-state index is -2.54. The Morgan fingerprint density at radius 3 is 2.33 bits per heavy atom. The Labute approximate surface area is 53.4 Å². The number of nitro groups is 1. The van der Waals surface area contributed by atoms with Crippen molar-refractivity contribution in [3.05, 3.63) is 10.1 Å². The van der Waals surface area contributed by atoms with Crippen molar-refractivity contribution in [2.45, 2.75) is 6.92 Å². The fourth-order valence-corrected chi connectivity index (χ4v) is 0.596. The third-order valence-electron chi connectivity index (χ3n) is 0.775. The molecular weight excluding hydrogens is 144 g/mol. The normalized spacial score (nSPS) is 16.2. The summed E-state index contributed by atoms with van der Waals surface area (Å²) in [5.41, 5.74) is 0. The molecule has 0 saturated carbocycles. The highest BCUT2D eigenvalue weighted by molar-refractivity contribution is 7.92. The predicted octanol–water partition coefficient (Wildman–Crippen LogP) is 0.296. The molecule has 5 nitrogen and oxygen atoms in total. The van der Waals surface area contributed by atoms with Crippen LogP contribution in [0.15, 0.2) is 4.47 Å². The summed E-state index contributed by atoms with van der Waals surface area (Å²) in [6.45, 7) is 1.59. The Kier molecular flexibility index (Phi) is 2.57. The molecule has 0 fully saturated rings. The first-order valence-corrected chi connectivity index (χ1v) is 4.41. The maximum absolute atomic E-state index is 10.8. The molecule has 0 N–H and O–H groups in total. The molecule has 0 radical (unpaired) electrons. The second-order valence-electron chi connectivity index (χ2n) is 1.57. The van der Waals surface area contributed by atoms with Gasteiger partial charge in [0.25, 0.3) is 0 Å². The van der Waals surface area contributed by atoms with E-state index in [4.69, 9.17) is 0 Å². The van der Waals surface area contributed by atoms with E-state index in [2.05, 4.69) is 4.47 Å². The lowest BCUT2D eigenvalue weighted by Gasteiger charge is -1.88. The Morgan fingerprint density at radius 1 is 1.78 bits per heavy atom. The van der Waals surface area contributed by atoms with Gasteiger partial charge in [-0.05, 0) is 0 Å². The van der Waals surface area contributed by atoms with Crippen LogP contribution >= 0.6 is 0 Å². The lowest BCUT2D eigenvalue weighted by molar-refractivity contribution is -0.482. The van der Waals surface area contributed by atoms with Crippen LogP contribution in [0, 0.1) is 10.1 Å². The van der Waals surface area contributed by atoms with Crippen LogP contribution < -0.4 is 0 Å². The van der Waals surface area contributed by atoms with Gasteiger partial charge in [0, 0.05) is 12.0 Å². The fraction of sp³-hybridized carbons (Fsp3) is 1.00. The topological polar surface area (TPSA) is 72.6 Å². The van der Waals surface area contributed by atoms with E-state index in [1.807, 2.05) is 0 Å². The standard InChI is InChI=1S/C3H8N2O3S/c1-3-9(2,8)4-5(6)7/h3H2,1-2H3. The van der Waals surface area contributed by atoms with Gasteiger partial charge in [0.05, 0.1) is 0 Å². The first-order chi connectivity index (χ1) is 3.98. The van der Waals surface area contributed by atoms with E-state index < -0.39 is 14.8 Å². The molecule has 0 heterocycles. The number of rotatable bonds is 2. The zero-order valence-electron chi connectivity index (χ0n) is 5.23. The monoisotopic (exact) mass is 152 g/mol. The van der Waals surface area contributed by atoms with Crippen molar-refractivity contribution in [2.24, 2.45) is 4.47 Å². The minimum Gasteiger partial charge on any atom is -0.244 e. The van der Waals surface area contributed by atoms with Gasteiger partial charge < -0.3 is 0 Å². The average molecular weight is 152 g/mol. The third-order valence-corrected chi connectivity index (χ3v) is 2.33. The highest BCUT2D eigenvalue weighted by Crippen LogP contribution is 1.88. The van der Waals surface area contributed by atoms with Gasteiger partial charge in [-0.3, -0.25) is 0 Å². The molecule has 1 atom stereocenters. The fourth-order valence-electron chi connectivity index (χ4n) is 0.199. The average Bonchev–Trinajstić information content (AvgIpc) is 1.63. The van der Waals surface area contributed by atoms with E-state index in [0.717, 1.165) is 0 Å². The highest BCUT2D eigenvalue weighted by Gasteiger charge is 2.01. The van der Waals surface area contributed by atoms with E-state index >= 15 is 0 Å². The molecule has 9 heavy (non-hydrogen) atoms. The van der Waals surface area contributed by atoms with Crippen LogP contribution in [0.5, 0.6) is 0 Å². The zero-order chi connectivity index (χ0) is 7.49. The summed E-state index contributed by atoms with van der Waals surface area (Å²) >= 11 is 0. The molecule has 0 aromatic heterocycles. The summed E-state index contributed by atoms with van der Waals surface area (Å²) in [5.74, 6) is 0.216. The lowest BCUT2D eigenvalue weighted by atomic mass is 11.0. The van der Waals surface area contributed by atoms with E-state index in [1.165, 1.54) is 6.26 Å². The molecular formula is C3H8N2O3S. The zero-order valence-corrected chi connectivity index (χ0v) is 6.05. The number of hydrogen-bond donors (Lipinski definition) is 0. The highest BCUT2D eigenvalue weighted by atomic mass is 32.2. The van der Waals surface area contributed by atoms with E-state index in [9.17, 15) is 14.3 Å². The summed E-state index contributed by atoms with van der Waals surface area (Å²) in [5, 5.41) is 8.72. The van der Waals surface area contributed by atoms with Crippen molar-refractivity contribution in [2.75, 3.05) is 12.0 Å². The summed E-state index contributed by atoms with van der Waals surface area (Å²) in [7, 11) is -2.54. The third kappa shape index (κ3) is 3.89.